The molecule has 0 radical (unpaired) electrons. The van der Waals surface area contributed by atoms with Gasteiger partial charge in [0, 0.05) is 25.2 Å². The highest BCUT2D eigenvalue weighted by Gasteiger charge is 2.32. The molecule has 0 aliphatic carbocycles. The molecule has 168 valence electrons. The van der Waals surface area contributed by atoms with E-state index in [1.54, 1.807) is 48.5 Å². The van der Waals surface area contributed by atoms with E-state index < -0.39 is 22.0 Å². The predicted octanol–water partition coefficient (Wildman–Crippen LogP) is 2.83. The van der Waals surface area contributed by atoms with Crippen molar-refractivity contribution in [3.63, 3.8) is 0 Å². The third-order valence-electron chi connectivity index (χ3n) is 4.74. The molecule has 1 N–H and O–H groups in total. The molecule has 0 heterocycles. The van der Waals surface area contributed by atoms with Gasteiger partial charge < -0.3 is 10.2 Å². The highest BCUT2D eigenvalue weighted by atomic mass is 35.5. The molecule has 0 fully saturated rings. The first-order valence-electron chi connectivity index (χ1n) is 9.91. The molecule has 7 nitrogen and oxygen atoms in total. The number of carbonyl (C=O) groups is 2. The maximum absolute atomic E-state index is 13.3. The molecule has 0 saturated heterocycles. The molecule has 1 atom stereocenters. The van der Waals surface area contributed by atoms with Crippen molar-refractivity contribution in [1.29, 1.82) is 0 Å². The van der Waals surface area contributed by atoms with E-state index in [9.17, 15) is 18.0 Å². The van der Waals surface area contributed by atoms with Gasteiger partial charge in [0.05, 0.1) is 12.8 Å². The number of carbonyl (C=O) groups excluding carboxylic acids is 2. The predicted molar refractivity (Wildman–Crippen MR) is 122 cm³/mol. The Balaban J connectivity index is 2.47. The van der Waals surface area contributed by atoms with E-state index in [1.165, 1.54) is 11.9 Å². The molecule has 0 unspecified atom stereocenters. The van der Waals surface area contributed by atoms with E-state index in [4.69, 9.17) is 11.6 Å². The molecule has 0 aliphatic rings. The number of hydrogen-bond acceptors (Lipinski definition) is 4. The Kier molecular flexibility index (Phi) is 9.03. The van der Waals surface area contributed by atoms with E-state index in [2.05, 4.69) is 5.32 Å². The van der Waals surface area contributed by atoms with Gasteiger partial charge in [-0.1, -0.05) is 61.0 Å². The van der Waals surface area contributed by atoms with Crippen LogP contribution in [0.4, 0.5) is 0 Å². The first-order chi connectivity index (χ1) is 14.6. The van der Waals surface area contributed by atoms with Gasteiger partial charge in [-0.2, -0.15) is 4.31 Å². The Bertz CT molecular complexity index is 982. The smallest absolute Gasteiger partial charge is 0.247 e. The summed E-state index contributed by atoms with van der Waals surface area (Å²) in [6, 6.07) is 15.0. The number of halogens is 1. The molecular weight excluding hydrogens is 438 g/mol. The second-order valence-corrected chi connectivity index (χ2v) is 9.80. The minimum atomic E-state index is -3.57. The largest absolute Gasteiger partial charge is 0.354 e. The summed E-state index contributed by atoms with van der Waals surface area (Å²) < 4.78 is 24.7. The summed E-state index contributed by atoms with van der Waals surface area (Å²) >= 11 is 5.98. The second-order valence-electron chi connectivity index (χ2n) is 7.27. The third kappa shape index (κ3) is 7.34. The number of nitrogens with zero attached hydrogens (tertiary/aromatic N) is 2. The average Bonchev–Trinajstić information content (AvgIpc) is 2.73. The lowest BCUT2D eigenvalue weighted by Gasteiger charge is -2.32. The number of rotatable bonds is 10. The van der Waals surface area contributed by atoms with Crippen LogP contribution in [0.3, 0.4) is 0 Å². The van der Waals surface area contributed by atoms with Crippen LogP contribution in [0.25, 0.3) is 0 Å². The van der Waals surface area contributed by atoms with Gasteiger partial charge in [0.2, 0.25) is 21.8 Å². The van der Waals surface area contributed by atoms with Crippen LogP contribution in [0, 0.1) is 0 Å². The Morgan fingerprint density at radius 3 is 2.23 bits per heavy atom. The van der Waals surface area contributed by atoms with Crippen molar-refractivity contribution < 1.29 is 18.0 Å². The molecule has 31 heavy (non-hydrogen) atoms. The number of likely N-dealkylation sites (N-methyl/N-ethyl adjacent to an activating group) is 1. The zero-order chi connectivity index (χ0) is 23.0. The second kappa shape index (κ2) is 11.3. The lowest BCUT2D eigenvalue weighted by atomic mass is 10.0. The summed E-state index contributed by atoms with van der Waals surface area (Å²) in [6.45, 7) is 2.15. The molecule has 9 heteroatoms. The van der Waals surface area contributed by atoms with E-state index in [0.29, 0.717) is 17.1 Å². The highest BCUT2D eigenvalue weighted by molar-refractivity contribution is 7.88. The van der Waals surface area contributed by atoms with Gasteiger partial charge in [-0.15, -0.1) is 0 Å². The van der Waals surface area contributed by atoms with Crippen LogP contribution in [0.5, 0.6) is 0 Å². The van der Waals surface area contributed by atoms with Crippen molar-refractivity contribution in [3.8, 4) is 0 Å². The summed E-state index contributed by atoms with van der Waals surface area (Å²) in [5.74, 6) is -0.805. The van der Waals surface area contributed by atoms with Crippen LogP contribution in [0.1, 0.15) is 30.5 Å². The summed E-state index contributed by atoms with van der Waals surface area (Å²) in [7, 11) is -2.23. The van der Waals surface area contributed by atoms with Crippen molar-refractivity contribution in [2.75, 3.05) is 26.4 Å². The van der Waals surface area contributed by atoms with Gasteiger partial charge in [0.25, 0.3) is 0 Å². The molecule has 0 aliphatic heterocycles. The minimum Gasteiger partial charge on any atom is -0.354 e. The fraction of sp³-hybridized carbons (Fsp3) is 0.364. The number of sulfonamides is 1. The minimum absolute atomic E-state index is 0.118. The molecule has 2 amide bonds. The average molecular weight is 466 g/mol. The van der Waals surface area contributed by atoms with Crippen LogP contribution in [-0.2, 0) is 26.2 Å². The highest BCUT2D eigenvalue weighted by Crippen LogP contribution is 2.25. The zero-order valence-electron chi connectivity index (χ0n) is 17.9. The Morgan fingerprint density at radius 2 is 1.68 bits per heavy atom. The SMILES string of the molecule is CCCNC(=O)[C@@H](c1ccccc1)N(Cc1ccc(Cl)cc1)C(=O)CN(C)S(C)(=O)=O. The fourth-order valence-corrected chi connectivity index (χ4v) is 3.43. The lowest BCUT2D eigenvalue weighted by molar-refractivity contribution is -0.141. The Hall–Kier alpha value is -2.42. The number of benzene rings is 2. The molecule has 2 aromatic carbocycles. The monoisotopic (exact) mass is 465 g/mol. The molecular formula is C22H28ClN3O4S. The van der Waals surface area contributed by atoms with Gasteiger partial charge in [-0.05, 0) is 29.7 Å². The Labute approximate surface area is 189 Å². The number of hydrogen-bond donors (Lipinski definition) is 1. The molecule has 2 aromatic rings. The van der Waals surface area contributed by atoms with Crippen LogP contribution < -0.4 is 5.32 Å². The quantitative estimate of drug-likeness (QED) is 0.584. The van der Waals surface area contributed by atoms with E-state index in [1.807, 2.05) is 13.0 Å². The van der Waals surface area contributed by atoms with Crippen molar-refractivity contribution >= 4 is 33.4 Å². The van der Waals surface area contributed by atoms with Crippen molar-refractivity contribution in [2.24, 2.45) is 0 Å². The number of amides is 2. The lowest BCUT2D eigenvalue weighted by Crippen LogP contribution is -2.47. The van der Waals surface area contributed by atoms with Crippen molar-refractivity contribution in [2.45, 2.75) is 25.9 Å². The van der Waals surface area contributed by atoms with Crippen molar-refractivity contribution in [3.05, 3.63) is 70.7 Å². The van der Waals surface area contributed by atoms with Crippen LogP contribution >= 0.6 is 11.6 Å². The molecule has 0 saturated carbocycles. The van der Waals surface area contributed by atoms with Gasteiger partial charge in [-0.3, -0.25) is 9.59 Å². The van der Waals surface area contributed by atoms with Crippen LogP contribution in [0.2, 0.25) is 5.02 Å². The van der Waals surface area contributed by atoms with Crippen LogP contribution in [-0.4, -0.2) is 55.8 Å². The maximum atomic E-state index is 13.3. The van der Waals surface area contributed by atoms with Gasteiger partial charge in [-0.25, -0.2) is 8.42 Å². The molecule has 0 bridgehead atoms. The number of nitrogens with one attached hydrogen (secondary N) is 1. The summed E-state index contributed by atoms with van der Waals surface area (Å²) in [4.78, 5) is 27.8. The molecule has 0 aromatic heterocycles. The van der Waals surface area contributed by atoms with E-state index in [-0.39, 0.29) is 19.0 Å². The first kappa shape index (κ1) is 24.8. The topological polar surface area (TPSA) is 86.8 Å². The van der Waals surface area contributed by atoms with Crippen molar-refractivity contribution in [1.82, 2.24) is 14.5 Å². The third-order valence-corrected chi connectivity index (χ3v) is 6.25. The van der Waals surface area contributed by atoms with E-state index >= 15 is 0 Å². The van der Waals surface area contributed by atoms with Gasteiger partial charge in [0.1, 0.15) is 6.04 Å². The summed E-state index contributed by atoms with van der Waals surface area (Å²) in [5, 5.41) is 3.41. The standard InChI is InChI=1S/C22H28ClN3O4S/c1-4-14-24-22(28)21(18-8-6-5-7-9-18)26(15-17-10-12-19(23)13-11-17)20(27)16-25(2)31(3,29)30/h5-13,21H,4,14-16H2,1-3H3,(H,24,28)/t21-/m1/s1. The normalized spacial score (nSPS) is 12.4. The summed E-state index contributed by atoms with van der Waals surface area (Å²) in [5.41, 5.74) is 1.41. The first-order valence-corrected chi connectivity index (χ1v) is 12.1. The maximum Gasteiger partial charge on any atom is 0.247 e. The fourth-order valence-electron chi connectivity index (χ4n) is 2.96. The molecule has 2 rings (SSSR count). The summed E-state index contributed by atoms with van der Waals surface area (Å²) in [6.07, 6.45) is 1.78. The van der Waals surface area contributed by atoms with Crippen LogP contribution in [0.15, 0.2) is 54.6 Å². The van der Waals surface area contributed by atoms with E-state index in [0.717, 1.165) is 22.5 Å². The zero-order valence-corrected chi connectivity index (χ0v) is 19.5. The van der Waals surface area contributed by atoms with Gasteiger partial charge >= 0.3 is 0 Å². The van der Waals surface area contributed by atoms with Gasteiger partial charge in [0.15, 0.2) is 0 Å². The molecule has 0 spiro atoms. The Morgan fingerprint density at radius 1 is 1.06 bits per heavy atom.